The number of hydrogen-bond acceptors (Lipinski definition) is 3. The molecule has 1 fully saturated rings. The summed E-state index contributed by atoms with van der Waals surface area (Å²) in [6.07, 6.45) is 0.220. The number of benzene rings is 1. The molecule has 16 heavy (non-hydrogen) atoms. The van der Waals surface area contributed by atoms with E-state index in [1.54, 1.807) is 12.1 Å². The van der Waals surface area contributed by atoms with Crippen LogP contribution < -0.4 is 5.32 Å². The van der Waals surface area contributed by atoms with Crippen molar-refractivity contribution in [3.63, 3.8) is 0 Å². The second-order valence-electron chi connectivity index (χ2n) is 3.87. The molecule has 1 amide bonds. The van der Waals surface area contributed by atoms with E-state index in [-0.39, 0.29) is 18.0 Å². The van der Waals surface area contributed by atoms with Crippen molar-refractivity contribution in [3.05, 3.63) is 35.4 Å². The average Bonchev–Trinajstić information content (AvgIpc) is 2.65. The number of rotatable bonds is 3. The summed E-state index contributed by atoms with van der Waals surface area (Å²) in [5.74, 6) is 0.0560. The van der Waals surface area contributed by atoms with Gasteiger partial charge < -0.3 is 10.1 Å². The van der Waals surface area contributed by atoms with Crippen LogP contribution in [-0.2, 0) is 11.2 Å². The Morgan fingerprint density at radius 3 is 2.62 bits per heavy atom. The molecule has 1 heterocycles. The Labute approximate surface area is 93.6 Å². The minimum Gasteiger partial charge on any atom is -0.444 e. The van der Waals surface area contributed by atoms with Crippen molar-refractivity contribution in [3.8, 4) is 0 Å². The molecule has 1 aromatic carbocycles. The van der Waals surface area contributed by atoms with Gasteiger partial charge in [-0.2, -0.15) is 0 Å². The van der Waals surface area contributed by atoms with Gasteiger partial charge in [-0.05, 0) is 12.5 Å². The van der Waals surface area contributed by atoms with Crippen molar-refractivity contribution in [2.24, 2.45) is 0 Å². The molecule has 0 radical (unpaired) electrons. The smallest absolute Gasteiger partial charge is 0.407 e. The molecule has 1 aliphatic rings. The lowest BCUT2D eigenvalue weighted by Crippen LogP contribution is -2.16. The van der Waals surface area contributed by atoms with Gasteiger partial charge in [0, 0.05) is 12.0 Å². The number of hydrogen-bond donors (Lipinski definition) is 1. The SMILES string of the molecule is CC(=O)c1ccc(CC2CNC(=O)O2)cc1. The molecule has 0 aliphatic carbocycles. The summed E-state index contributed by atoms with van der Waals surface area (Å²) in [4.78, 5) is 21.9. The molecule has 1 aromatic rings. The molecule has 1 saturated heterocycles. The maximum absolute atomic E-state index is 11.1. The quantitative estimate of drug-likeness (QED) is 0.784. The lowest BCUT2D eigenvalue weighted by Gasteiger charge is -2.07. The van der Waals surface area contributed by atoms with Gasteiger partial charge in [-0.1, -0.05) is 24.3 Å². The largest absolute Gasteiger partial charge is 0.444 e. The molecule has 0 saturated carbocycles. The highest BCUT2D eigenvalue weighted by Crippen LogP contribution is 2.11. The van der Waals surface area contributed by atoms with E-state index in [1.807, 2.05) is 12.1 Å². The minimum atomic E-state index is -0.356. The van der Waals surface area contributed by atoms with Crippen molar-refractivity contribution in [2.45, 2.75) is 19.4 Å². The number of carbonyl (C=O) groups excluding carboxylic acids is 2. The van der Waals surface area contributed by atoms with Gasteiger partial charge in [0.25, 0.3) is 0 Å². The van der Waals surface area contributed by atoms with Crippen LogP contribution in [0, 0.1) is 0 Å². The van der Waals surface area contributed by atoms with Crippen LogP contribution >= 0.6 is 0 Å². The van der Waals surface area contributed by atoms with Crippen molar-refractivity contribution >= 4 is 11.9 Å². The second-order valence-corrected chi connectivity index (χ2v) is 3.87. The number of alkyl carbamates (subject to hydrolysis) is 1. The summed E-state index contributed by atoms with van der Waals surface area (Å²) in [5.41, 5.74) is 1.76. The molecule has 1 atom stereocenters. The van der Waals surface area contributed by atoms with E-state index in [9.17, 15) is 9.59 Å². The van der Waals surface area contributed by atoms with E-state index in [0.29, 0.717) is 18.5 Å². The molecule has 1 N–H and O–H groups in total. The van der Waals surface area contributed by atoms with E-state index < -0.39 is 0 Å². The van der Waals surface area contributed by atoms with Crippen molar-refractivity contribution in [2.75, 3.05) is 6.54 Å². The Balaban J connectivity index is 2.00. The Morgan fingerprint density at radius 1 is 1.44 bits per heavy atom. The Kier molecular flexibility index (Phi) is 2.90. The molecular weight excluding hydrogens is 206 g/mol. The predicted molar refractivity (Wildman–Crippen MR) is 58.4 cm³/mol. The number of cyclic esters (lactones) is 1. The van der Waals surface area contributed by atoms with Crippen molar-refractivity contribution in [1.82, 2.24) is 5.32 Å². The zero-order valence-corrected chi connectivity index (χ0v) is 9.03. The third kappa shape index (κ3) is 2.39. The number of Topliss-reactive ketones (excluding diaryl/α,β-unsaturated/α-hetero) is 1. The van der Waals surface area contributed by atoms with E-state index in [4.69, 9.17) is 4.74 Å². The highest BCUT2D eigenvalue weighted by molar-refractivity contribution is 5.94. The maximum atomic E-state index is 11.1. The first-order valence-corrected chi connectivity index (χ1v) is 5.19. The van der Waals surface area contributed by atoms with E-state index in [1.165, 1.54) is 6.92 Å². The first-order chi connectivity index (χ1) is 7.65. The summed E-state index contributed by atoms with van der Waals surface area (Å²) >= 11 is 0. The molecule has 0 bridgehead atoms. The van der Waals surface area contributed by atoms with Gasteiger partial charge in [-0.25, -0.2) is 4.79 Å². The van der Waals surface area contributed by atoms with E-state index in [0.717, 1.165) is 5.56 Å². The summed E-state index contributed by atoms with van der Waals surface area (Å²) in [6.45, 7) is 2.09. The van der Waals surface area contributed by atoms with Crippen LogP contribution in [0.4, 0.5) is 4.79 Å². The molecule has 4 nitrogen and oxygen atoms in total. The second kappa shape index (κ2) is 4.35. The number of amides is 1. The van der Waals surface area contributed by atoms with Gasteiger partial charge in [0.15, 0.2) is 5.78 Å². The van der Waals surface area contributed by atoms with Crippen LogP contribution in [-0.4, -0.2) is 24.5 Å². The van der Waals surface area contributed by atoms with Crippen LogP contribution in [0.1, 0.15) is 22.8 Å². The number of ketones is 1. The fraction of sp³-hybridized carbons (Fsp3) is 0.333. The molecule has 0 spiro atoms. The summed E-state index contributed by atoms with van der Waals surface area (Å²) in [6, 6.07) is 7.37. The van der Waals surface area contributed by atoms with E-state index in [2.05, 4.69) is 5.32 Å². The third-order valence-corrected chi connectivity index (χ3v) is 2.57. The average molecular weight is 219 g/mol. The van der Waals surface area contributed by atoms with Gasteiger partial charge in [-0.3, -0.25) is 4.79 Å². The molecule has 4 heteroatoms. The predicted octanol–water partition coefficient (Wildman–Crippen LogP) is 1.54. The van der Waals surface area contributed by atoms with Crippen LogP contribution in [0.5, 0.6) is 0 Å². The Bertz CT molecular complexity index is 411. The van der Waals surface area contributed by atoms with Crippen molar-refractivity contribution in [1.29, 1.82) is 0 Å². The number of nitrogens with one attached hydrogen (secondary N) is 1. The summed E-state index contributed by atoms with van der Waals surface area (Å²) in [5, 5.41) is 2.60. The van der Waals surface area contributed by atoms with Crippen LogP contribution in [0.15, 0.2) is 24.3 Å². The normalized spacial score (nSPS) is 19.1. The molecule has 2 rings (SSSR count). The van der Waals surface area contributed by atoms with Gasteiger partial charge in [0.1, 0.15) is 6.10 Å². The van der Waals surface area contributed by atoms with Crippen LogP contribution in [0.25, 0.3) is 0 Å². The third-order valence-electron chi connectivity index (χ3n) is 2.57. The zero-order valence-electron chi connectivity index (χ0n) is 9.03. The van der Waals surface area contributed by atoms with Gasteiger partial charge in [0.2, 0.25) is 0 Å². The van der Waals surface area contributed by atoms with Crippen LogP contribution in [0.2, 0.25) is 0 Å². The number of ether oxygens (including phenoxy) is 1. The van der Waals surface area contributed by atoms with E-state index >= 15 is 0 Å². The fourth-order valence-electron chi connectivity index (χ4n) is 1.68. The molecule has 1 unspecified atom stereocenters. The molecule has 0 aromatic heterocycles. The lowest BCUT2D eigenvalue weighted by atomic mass is 10.0. The number of carbonyl (C=O) groups is 2. The zero-order chi connectivity index (χ0) is 11.5. The first kappa shape index (κ1) is 10.7. The minimum absolute atomic E-state index is 0.0560. The lowest BCUT2D eigenvalue weighted by molar-refractivity contribution is 0.101. The maximum Gasteiger partial charge on any atom is 0.407 e. The van der Waals surface area contributed by atoms with Gasteiger partial charge in [-0.15, -0.1) is 0 Å². The highest BCUT2D eigenvalue weighted by atomic mass is 16.6. The Hall–Kier alpha value is -1.84. The monoisotopic (exact) mass is 219 g/mol. The van der Waals surface area contributed by atoms with Crippen LogP contribution in [0.3, 0.4) is 0 Å². The van der Waals surface area contributed by atoms with Gasteiger partial charge in [0.05, 0.1) is 6.54 Å². The molecule has 1 aliphatic heterocycles. The highest BCUT2D eigenvalue weighted by Gasteiger charge is 2.22. The Morgan fingerprint density at radius 2 is 2.12 bits per heavy atom. The topological polar surface area (TPSA) is 55.4 Å². The fourth-order valence-corrected chi connectivity index (χ4v) is 1.68. The summed E-state index contributed by atoms with van der Waals surface area (Å²) < 4.78 is 5.03. The van der Waals surface area contributed by atoms with Crippen molar-refractivity contribution < 1.29 is 14.3 Å². The van der Waals surface area contributed by atoms with Gasteiger partial charge >= 0.3 is 6.09 Å². The first-order valence-electron chi connectivity index (χ1n) is 5.19. The molecule has 84 valence electrons. The standard InChI is InChI=1S/C12H13NO3/c1-8(14)10-4-2-9(3-5-10)6-11-7-13-12(15)16-11/h2-5,11H,6-7H2,1H3,(H,13,15). The molecular formula is C12H13NO3. The summed E-state index contributed by atoms with van der Waals surface area (Å²) in [7, 11) is 0.